The summed E-state index contributed by atoms with van der Waals surface area (Å²) < 4.78 is 0. The van der Waals surface area contributed by atoms with Crippen LogP contribution in [-0.4, -0.2) is 40.9 Å². The first-order valence-electron chi connectivity index (χ1n) is 11.6. The molecule has 1 heterocycles. The first kappa shape index (κ1) is 23.5. The summed E-state index contributed by atoms with van der Waals surface area (Å²) in [4.78, 5) is 15.6. The van der Waals surface area contributed by atoms with E-state index in [2.05, 4.69) is 26.9 Å². The number of likely N-dealkylation sites (tertiary alicyclic amines) is 1. The number of rotatable bonds is 9. The zero-order valence-corrected chi connectivity index (χ0v) is 20.4. The summed E-state index contributed by atoms with van der Waals surface area (Å²) >= 11 is 3.46. The van der Waals surface area contributed by atoms with Crippen molar-refractivity contribution in [2.24, 2.45) is 11.7 Å². The maximum absolute atomic E-state index is 13.2. The van der Waals surface area contributed by atoms with Gasteiger partial charge < -0.3 is 15.7 Å². The molecule has 1 fully saturated rings. The SMILES string of the molecule is NC(=O)C(c1ccccc1)(c1ccccc1)[C@@H]1CCN(CCc2ccc(O)c(CCBr)c2)C1. The van der Waals surface area contributed by atoms with Gasteiger partial charge in [-0.15, -0.1) is 0 Å². The zero-order chi connectivity index (χ0) is 23.3. The molecular formula is C28H31BrN2O2. The Morgan fingerprint density at radius 1 is 1.00 bits per heavy atom. The molecule has 0 unspecified atom stereocenters. The van der Waals surface area contributed by atoms with E-state index in [1.54, 1.807) is 6.07 Å². The van der Waals surface area contributed by atoms with Crippen LogP contribution in [0.2, 0.25) is 0 Å². The van der Waals surface area contributed by atoms with Crippen molar-refractivity contribution >= 4 is 21.8 Å². The maximum Gasteiger partial charge on any atom is 0.232 e. The number of hydrogen-bond acceptors (Lipinski definition) is 3. The monoisotopic (exact) mass is 506 g/mol. The van der Waals surface area contributed by atoms with Crippen LogP contribution >= 0.6 is 15.9 Å². The number of halogens is 1. The molecule has 0 bridgehead atoms. The minimum atomic E-state index is -0.848. The van der Waals surface area contributed by atoms with E-state index in [9.17, 15) is 9.90 Å². The lowest BCUT2D eigenvalue weighted by Gasteiger charge is -2.37. The Balaban J connectivity index is 1.56. The second-order valence-electron chi connectivity index (χ2n) is 8.84. The summed E-state index contributed by atoms with van der Waals surface area (Å²) in [5, 5.41) is 10.9. The van der Waals surface area contributed by atoms with Crippen LogP contribution in [0.5, 0.6) is 5.75 Å². The number of phenolic OH excluding ortho intramolecular Hbond substituents is 1. The van der Waals surface area contributed by atoms with Crippen molar-refractivity contribution < 1.29 is 9.90 Å². The number of nitrogens with two attached hydrogens (primary N) is 1. The summed E-state index contributed by atoms with van der Waals surface area (Å²) in [5.41, 5.74) is 9.48. The van der Waals surface area contributed by atoms with Crippen molar-refractivity contribution in [1.82, 2.24) is 4.90 Å². The molecule has 1 aliphatic heterocycles. The van der Waals surface area contributed by atoms with Gasteiger partial charge in [-0.1, -0.05) is 88.7 Å². The van der Waals surface area contributed by atoms with Crippen LogP contribution in [0, 0.1) is 5.92 Å². The first-order chi connectivity index (χ1) is 16.1. The van der Waals surface area contributed by atoms with Crippen LogP contribution in [0.25, 0.3) is 0 Å². The van der Waals surface area contributed by atoms with Gasteiger partial charge in [0.25, 0.3) is 0 Å². The lowest BCUT2D eigenvalue weighted by Crippen LogP contribution is -2.49. The normalized spacial score (nSPS) is 16.7. The Bertz CT molecular complexity index is 1030. The van der Waals surface area contributed by atoms with Crippen molar-refractivity contribution in [2.75, 3.05) is 25.0 Å². The van der Waals surface area contributed by atoms with E-state index in [4.69, 9.17) is 5.73 Å². The predicted octanol–water partition coefficient (Wildman–Crippen LogP) is 4.67. The molecule has 3 N–H and O–H groups in total. The topological polar surface area (TPSA) is 66.6 Å². The van der Waals surface area contributed by atoms with E-state index in [0.717, 1.165) is 60.9 Å². The first-order valence-corrected chi connectivity index (χ1v) is 12.7. The molecule has 0 aromatic heterocycles. The average molecular weight is 507 g/mol. The lowest BCUT2D eigenvalue weighted by atomic mass is 9.64. The summed E-state index contributed by atoms with van der Waals surface area (Å²) in [5.74, 6) is 0.171. The fourth-order valence-corrected chi connectivity index (χ4v) is 5.73. The molecular weight excluding hydrogens is 476 g/mol. The van der Waals surface area contributed by atoms with E-state index in [1.807, 2.05) is 66.7 Å². The van der Waals surface area contributed by atoms with Gasteiger partial charge in [0.05, 0.1) is 0 Å². The van der Waals surface area contributed by atoms with Crippen molar-refractivity contribution in [3.63, 3.8) is 0 Å². The summed E-state index contributed by atoms with van der Waals surface area (Å²) in [6, 6.07) is 25.9. The van der Waals surface area contributed by atoms with Crippen LogP contribution in [0.3, 0.4) is 0 Å². The standard InChI is InChI=1S/C28H31BrN2O2/c29-16-13-22-19-21(11-12-26(22)32)14-17-31-18-15-25(20-31)28(27(30)33,23-7-3-1-4-8-23)24-9-5-2-6-10-24/h1-12,19,25,32H,13-18,20H2,(H2,30,33)/t25-/m1/s1. The molecule has 1 atom stereocenters. The number of nitrogens with zero attached hydrogens (tertiary/aromatic N) is 1. The number of benzene rings is 3. The van der Waals surface area contributed by atoms with Gasteiger partial charge in [0.15, 0.2) is 0 Å². The molecule has 3 aromatic rings. The van der Waals surface area contributed by atoms with Crippen LogP contribution in [-0.2, 0) is 23.1 Å². The van der Waals surface area contributed by atoms with E-state index >= 15 is 0 Å². The van der Waals surface area contributed by atoms with Crippen LogP contribution in [0.4, 0.5) is 0 Å². The number of aryl methyl sites for hydroxylation is 1. The Morgan fingerprint density at radius 2 is 1.64 bits per heavy atom. The van der Waals surface area contributed by atoms with E-state index < -0.39 is 5.41 Å². The largest absolute Gasteiger partial charge is 0.508 e. The molecule has 172 valence electrons. The number of alkyl halides is 1. The molecule has 33 heavy (non-hydrogen) atoms. The second-order valence-corrected chi connectivity index (χ2v) is 9.64. The summed E-state index contributed by atoms with van der Waals surface area (Å²) in [6.07, 6.45) is 2.63. The maximum atomic E-state index is 13.2. The Hall–Kier alpha value is -2.63. The van der Waals surface area contributed by atoms with E-state index in [0.29, 0.717) is 5.75 Å². The van der Waals surface area contributed by atoms with Crippen molar-refractivity contribution in [3.05, 3.63) is 101 Å². The zero-order valence-electron chi connectivity index (χ0n) is 18.8. The van der Waals surface area contributed by atoms with Gasteiger partial charge >= 0.3 is 0 Å². The van der Waals surface area contributed by atoms with Gasteiger partial charge in [-0.05, 0) is 60.0 Å². The highest BCUT2D eigenvalue weighted by Crippen LogP contribution is 2.43. The second kappa shape index (κ2) is 10.5. The molecule has 0 aliphatic carbocycles. The minimum absolute atomic E-state index is 0.101. The molecule has 1 aliphatic rings. The van der Waals surface area contributed by atoms with Crippen molar-refractivity contribution in [1.29, 1.82) is 0 Å². The fourth-order valence-electron chi connectivity index (χ4n) is 5.30. The van der Waals surface area contributed by atoms with Gasteiger partial charge in [0, 0.05) is 18.4 Å². The molecule has 0 radical (unpaired) electrons. The molecule has 4 nitrogen and oxygen atoms in total. The molecule has 1 amide bonds. The molecule has 1 saturated heterocycles. The van der Waals surface area contributed by atoms with E-state index in [-0.39, 0.29) is 11.8 Å². The molecule has 0 saturated carbocycles. The van der Waals surface area contributed by atoms with E-state index in [1.165, 1.54) is 5.56 Å². The Labute approximate surface area is 204 Å². The summed E-state index contributed by atoms with van der Waals surface area (Å²) in [6.45, 7) is 2.66. The Morgan fingerprint density at radius 3 is 2.21 bits per heavy atom. The molecule has 0 spiro atoms. The number of carbonyl (C=O) groups is 1. The number of aromatic hydroxyl groups is 1. The third kappa shape index (κ3) is 4.85. The van der Waals surface area contributed by atoms with Gasteiger partial charge in [0.2, 0.25) is 5.91 Å². The van der Waals surface area contributed by atoms with Gasteiger partial charge in [0.1, 0.15) is 11.2 Å². The number of carbonyl (C=O) groups excluding carboxylic acids is 1. The van der Waals surface area contributed by atoms with Crippen molar-refractivity contribution in [3.8, 4) is 5.75 Å². The van der Waals surface area contributed by atoms with Crippen LogP contribution in [0.1, 0.15) is 28.7 Å². The third-order valence-corrected chi connectivity index (χ3v) is 7.35. The van der Waals surface area contributed by atoms with Crippen molar-refractivity contribution in [2.45, 2.75) is 24.7 Å². The van der Waals surface area contributed by atoms with Crippen LogP contribution in [0.15, 0.2) is 78.9 Å². The van der Waals surface area contributed by atoms with Gasteiger partial charge in [-0.3, -0.25) is 4.79 Å². The smallest absolute Gasteiger partial charge is 0.232 e. The highest BCUT2D eigenvalue weighted by atomic mass is 79.9. The molecule has 4 rings (SSSR count). The molecule has 3 aromatic carbocycles. The van der Waals surface area contributed by atoms with Gasteiger partial charge in [-0.2, -0.15) is 0 Å². The van der Waals surface area contributed by atoms with Crippen LogP contribution < -0.4 is 5.73 Å². The fraction of sp³-hybridized carbons (Fsp3) is 0.321. The average Bonchev–Trinajstić information content (AvgIpc) is 3.30. The number of primary amides is 1. The molecule has 5 heteroatoms. The van der Waals surface area contributed by atoms with Gasteiger partial charge in [-0.25, -0.2) is 0 Å². The minimum Gasteiger partial charge on any atom is -0.508 e. The lowest BCUT2D eigenvalue weighted by molar-refractivity contribution is -0.123. The summed E-state index contributed by atoms with van der Waals surface area (Å²) in [7, 11) is 0. The number of hydrogen-bond donors (Lipinski definition) is 2. The number of phenols is 1. The Kier molecular flexibility index (Phi) is 7.51. The quantitative estimate of drug-likeness (QED) is 0.414. The number of amides is 1. The highest BCUT2D eigenvalue weighted by molar-refractivity contribution is 9.09. The third-order valence-electron chi connectivity index (χ3n) is 6.96. The highest BCUT2D eigenvalue weighted by Gasteiger charge is 2.49. The predicted molar refractivity (Wildman–Crippen MR) is 137 cm³/mol.